The van der Waals surface area contributed by atoms with Crippen LogP contribution in [0.15, 0.2) is 17.6 Å². The van der Waals surface area contributed by atoms with E-state index in [4.69, 9.17) is 4.74 Å². The summed E-state index contributed by atoms with van der Waals surface area (Å²) in [6.07, 6.45) is 3.25. The number of fused-ring (bicyclic) bond motifs is 1. The van der Waals surface area contributed by atoms with Crippen molar-refractivity contribution in [3.63, 3.8) is 0 Å². The van der Waals surface area contributed by atoms with E-state index >= 15 is 0 Å². The average molecular weight is 260 g/mol. The van der Waals surface area contributed by atoms with Crippen LogP contribution in [0, 0.1) is 0 Å². The van der Waals surface area contributed by atoms with E-state index in [1.807, 2.05) is 18.5 Å². The second-order valence-electron chi connectivity index (χ2n) is 4.48. The maximum atomic E-state index is 5.34. The summed E-state index contributed by atoms with van der Waals surface area (Å²) in [4.78, 5) is 19.5. The minimum Gasteiger partial charge on any atom is -0.378 e. The van der Waals surface area contributed by atoms with Crippen LogP contribution in [-0.4, -0.2) is 56.6 Å². The first-order chi connectivity index (χ1) is 9.25. The monoisotopic (exact) mass is 260 g/mol. The maximum Gasteiger partial charge on any atom is 0.185 e. The van der Waals surface area contributed by atoms with E-state index in [2.05, 4.69) is 24.8 Å². The van der Waals surface area contributed by atoms with Gasteiger partial charge in [-0.2, -0.15) is 0 Å². The molecule has 7 nitrogen and oxygen atoms in total. The average Bonchev–Trinajstić information content (AvgIpc) is 2.83. The van der Waals surface area contributed by atoms with Gasteiger partial charge in [-0.1, -0.05) is 0 Å². The largest absolute Gasteiger partial charge is 0.378 e. The van der Waals surface area contributed by atoms with Gasteiger partial charge in [-0.3, -0.25) is 0 Å². The molecular weight excluding hydrogens is 244 g/mol. The second-order valence-corrected chi connectivity index (χ2v) is 4.48. The lowest BCUT2D eigenvalue weighted by molar-refractivity contribution is 0.0678. The first-order valence-electron chi connectivity index (χ1n) is 6.26. The summed E-state index contributed by atoms with van der Waals surface area (Å²) in [6, 6.07) is 0. The fraction of sp³-hybridized carbons (Fsp3) is 0.500. The SMILES string of the molecule is C/C(=N/c1ncnc2c1ncn2C)N1CCOCC1. The molecule has 2 aromatic rings. The molecule has 0 radical (unpaired) electrons. The molecule has 0 aromatic carbocycles. The van der Waals surface area contributed by atoms with E-state index in [1.165, 1.54) is 6.33 Å². The molecule has 1 fully saturated rings. The fourth-order valence-electron chi connectivity index (χ4n) is 2.13. The van der Waals surface area contributed by atoms with Crippen LogP contribution in [0.5, 0.6) is 0 Å². The number of ether oxygens (including phenoxy) is 1. The summed E-state index contributed by atoms with van der Waals surface area (Å²) in [5.74, 6) is 1.56. The Morgan fingerprint density at radius 2 is 2.05 bits per heavy atom. The zero-order chi connectivity index (χ0) is 13.2. The van der Waals surface area contributed by atoms with Crippen LogP contribution in [0.3, 0.4) is 0 Å². The first-order valence-corrected chi connectivity index (χ1v) is 6.26. The van der Waals surface area contributed by atoms with Crippen molar-refractivity contribution in [2.75, 3.05) is 26.3 Å². The molecule has 0 unspecified atom stereocenters. The van der Waals surface area contributed by atoms with Crippen molar-refractivity contribution in [2.45, 2.75) is 6.92 Å². The van der Waals surface area contributed by atoms with E-state index in [1.54, 1.807) is 6.33 Å². The standard InChI is InChI=1S/C12H16N6O/c1-9(18-3-5-19-6-4-18)16-11-10-12(14-7-13-11)17(2)8-15-10/h7-8H,3-6H2,1-2H3/b16-9-. The van der Waals surface area contributed by atoms with Gasteiger partial charge in [-0.05, 0) is 6.92 Å². The molecule has 1 saturated heterocycles. The second kappa shape index (κ2) is 4.93. The lowest BCUT2D eigenvalue weighted by atomic mass is 10.4. The Labute approximate surface area is 111 Å². The third kappa shape index (κ3) is 2.28. The molecule has 0 aliphatic carbocycles. The van der Waals surface area contributed by atoms with E-state index in [9.17, 15) is 0 Å². The zero-order valence-electron chi connectivity index (χ0n) is 11.1. The molecule has 0 saturated carbocycles. The lowest BCUT2D eigenvalue weighted by Gasteiger charge is -2.28. The number of hydrogen-bond acceptors (Lipinski definition) is 5. The van der Waals surface area contributed by atoms with Crippen LogP contribution in [0.4, 0.5) is 5.82 Å². The van der Waals surface area contributed by atoms with Crippen molar-refractivity contribution < 1.29 is 4.74 Å². The molecule has 3 heterocycles. The van der Waals surface area contributed by atoms with Crippen LogP contribution in [0.2, 0.25) is 0 Å². The summed E-state index contributed by atoms with van der Waals surface area (Å²) < 4.78 is 7.20. The molecule has 0 spiro atoms. The summed E-state index contributed by atoms with van der Waals surface area (Å²) >= 11 is 0. The highest BCUT2D eigenvalue weighted by molar-refractivity contribution is 5.88. The topological polar surface area (TPSA) is 68.4 Å². The lowest BCUT2D eigenvalue weighted by Crippen LogP contribution is -2.39. The number of imidazole rings is 1. The van der Waals surface area contributed by atoms with Gasteiger partial charge in [0.05, 0.1) is 19.5 Å². The van der Waals surface area contributed by atoms with Gasteiger partial charge < -0.3 is 14.2 Å². The molecular formula is C12H16N6O. The molecule has 19 heavy (non-hydrogen) atoms. The third-order valence-corrected chi connectivity index (χ3v) is 3.21. The summed E-state index contributed by atoms with van der Waals surface area (Å²) in [6.45, 7) is 5.21. The number of morpholine rings is 1. The van der Waals surface area contributed by atoms with Crippen LogP contribution in [-0.2, 0) is 11.8 Å². The van der Waals surface area contributed by atoms with E-state index < -0.39 is 0 Å². The molecule has 2 aromatic heterocycles. The normalized spacial score (nSPS) is 17.2. The van der Waals surface area contributed by atoms with Gasteiger partial charge in [0.2, 0.25) is 0 Å². The van der Waals surface area contributed by atoms with Gasteiger partial charge in [0, 0.05) is 20.1 Å². The van der Waals surface area contributed by atoms with Crippen LogP contribution < -0.4 is 0 Å². The molecule has 100 valence electrons. The Balaban J connectivity index is 1.95. The van der Waals surface area contributed by atoms with Crippen molar-refractivity contribution in [1.82, 2.24) is 24.4 Å². The molecule has 7 heteroatoms. The van der Waals surface area contributed by atoms with E-state index in [0.29, 0.717) is 5.82 Å². The smallest absolute Gasteiger partial charge is 0.185 e. The predicted octanol–water partition coefficient (Wildman–Crippen LogP) is 0.745. The number of aromatic nitrogens is 4. The van der Waals surface area contributed by atoms with Gasteiger partial charge in [0.15, 0.2) is 17.0 Å². The Hall–Kier alpha value is -2.02. The van der Waals surface area contributed by atoms with Crippen LogP contribution >= 0.6 is 0 Å². The predicted molar refractivity (Wildman–Crippen MR) is 71.5 cm³/mol. The molecule has 1 aliphatic heterocycles. The van der Waals surface area contributed by atoms with Crippen molar-refractivity contribution >= 4 is 22.8 Å². The number of aryl methyl sites for hydroxylation is 1. The van der Waals surface area contributed by atoms with Crippen LogP contribution in [0.25, 0.3) is 11.2 Å². The Bertz CT molecular complexity index is 614. The fourth-order valence-corrected chi connectivity index (χ4v) is 2.13. The number of rotatable bonds is 1. The summed E-state index contributed by atoms with van der Waals surface area (Å²) in [5.41, 5.74) is 1.53. The van der Waals surface area contributed by atoms with Crippen molar-refractivity contribution in [1.29, 1.82) is 0 Å². The van der Waals surface area contributed by atoms with Crippen molar-refractivity contribution in [3.8, 4) is 0 Å². The third-order valence-electron chi connectivity index (χ3n) is 3.21. The summed E-state index contributed by atoms with van der Waals surface area (Å²) in [5, 5.41) is 0. The van der Waals surface area contributed by atoms with Crippen molar-refractivity contribution in [2.24, 2.45) is 12.0 Å². The van der Waals surface area contributed by atoms with Gasteiger partial charge in [0.25, 0.3) is 0 Å². The molecule has 0 bridgehead atoms. The molecule has 1 aliphatic rings. The Kier molecular flexibility index (Phi) is 3.12. The molecule has 0 N–H and O–H groups in total. The van der Waals surface area contributed by atoms with E-state index in [0.717, 1.165) is 43.3 Å². The number of hydrogen-bond donors (Lipinski definition) is 0. The van der Waals surface area contributed by atoms with Crippen LogP contribution in [0.1, 0.15) is 6.92 Å². The Morgan fingerprint density at radius 1 is 1.26 bits per heavy atom. The van der Waals surface area contributed by atoms with Crippen molar-refractivity contribution in [3.05, 3.63) is 12.7 Å². The van der Waals surface area contributed by atoms with E-state index in [-0.39, 0.29) is 0 Å². The molecule has 3 rings (SSSR count). The number of amidine groups is 1. The van der Waals surface area contributed by atoms with Gasteiger partial charge in [-0.25, -0.2) is 19.9 Å². The van der Waals surface area contributed by atoms with Gasteiger partial charge in [0.1, 0.15) is 12.2 Å². The number of aliphatic imine (C=N–C) groups is 1. The zero-order valence-corrected chi connectivity index (χ0v) is 11.1. The van der Waals surface area contributed by atoms with Gasteiger partial charge >= 0.3 is 0 Å². The number of nitrogens with zero attached hydrogens (tertiary/aromatic N) is 6. The molecule has 0 atom stereocenters. The summed E-state index contributed by atoms with van der Waals surface area (Å²) in [7, 11) is 1.91. The van der Waals surface area contributed by atoms with Gasteiger partial charge in [-0.15, -0.1) is 0 Å². The highest BCUT2D eigenvalue weighted by Gasteiger charge is 2.13. The quantitative estimate of drug-likeness (QED) is 0.559. The highest BCUT2D eigenvalue weighted by Crippen LogP contribution is 2.19. The Morgan fingerprint density at radius 3 is 2.84 bits per heavy atom. The maximum absolute atomic E-state index is 5.34. The molecule has 0 amide bonds. The first kappa shape index (κ1) is 12.0. The highest BCUT2D eigenvalue weighted by atomic mass is 16.5. The minimum absolute atomic E-state index is 0.620. The minimum atomic E-state index is 0.620.